The van der Waals surface area contributed by atoms with Gasteiger partial charge >= 0.3 is 0 Å². The normalized spacial score (nSPS) is 11.2. The van der Waals surface area contributed by atoms with Gasteiger partial charge in [-0.05, 0) is 19.9 Å². The van der Waals surface area contributed by atoms with Gasteiger partial charge in [-0.1, -0.05) is 0 Å². The first-order valence-corrected chi connectivity index (χ1v) is 6.68. The zero-order valence-electron chi connectivity index (χ0n) is 12.3. The first kappa shape index (κ1) is 13.8. The van der Waals surface area contributed by atoms with Gasteiger partial charge in [-0.2, -0.15) is 5.10 Å². The predicted molar refractivity (Wildman–Crippen MR) is 72.9 cm³/mol. The van der Waals surface area contributed by atoms with E-state index < -0.39 is 0 Å². The van der Waals surface area contributed by atoms with Crippen LogP contribution < -0.4 is 4.57 Å². The first-order valence-electron chi connectivity index (χ1n) is 6.68. The number of ether oxygens (including phenoxy) is 1. The van der Waals surface area contributed by atoms with Crippen LogP contribution in [0.1, 0.15) is 17.2 Å². The maximum Gasteiger partial charge on any atom is 0.253 e. The lowest BCUT2D eigenvalue weighted by atomic mass is 10.4. The quantitative estimate of drug-likeness (QED) is 0.579. The fraction of sp³-hybridized carbons (Fsp3) is 0.571. The highest BCUT2D eigenvalue weighted by Gasteiger charge is 2.07. The van der Waals surface area contributed by atoms with Crippen LogP contribution in [-0.4, -0.2) is 27.6 Å². The highest BCUT2D eigenvalue weighted by atomic mass is 16.5. The molecular weight excluding hydrogens is 240 g/mol. The minimum Gasteiger partial charge on any atom is -0.375 e. The molecule has 0 aromatic carbocycles. The summed E-state index contributed by atoms with van der Waals surface area (Å²) in [5.41, 5.74) is 2.25. The average Bonchev–Trinajstić information content (AvgIpc) is 2.85. The SMILES string of the molecule is Cc1cc(C)n(CCOCCn2cc[n+](C)c2C)n1. The van der Waals surface area contributed by atoms with E-state index in [0.29, 0.717) is 6.61 Å². The number of nitrogens with zero attached hydrogens (tertiary/aromatic N) is 4. The minimum absolute atomic E-state index is 0.703. The van der Waals surface area contributed by atoms with E-state index in [1.807, 2.05) is 11.6 Å². The van der Waals surface area contributed by atoms with Crippen molar-refractivity contribution in [3.8, 4) is 0 Å². The van der Waals surface area contributed by atoms with Gasteiger partial charge in [0.1, 0.15) is 18.9 Å². The molecule has 2 aromatic heterocycles. The molecule has 2 aromatic rings. The van der Waals surface area contributed by atoms with Crippen LogP contribution in [-0.2, 0) is 24.9 Å². The molecule has 19 heavy (non-hydrogen) atoms. The van der Waals surface area contributed by atoms with Crippen molar-refractivity contribution in [3.05, 3.63) is 35.7 Å². The third kappa shape index (κ3) is 3.44. The zero-order valence-corrected chi connectivity index (χ0v) is 12.3. The Kier molecular flexibility index (Phi) is 4.37. The third-order valence-corrected chi connectivity index (χ3v) is 3.42. The highest BCUT2D eigenvalue weighted by molar-refractivity contribution is 5.06. The van der Waals surface area contributed by atoms with Crippen LogP contribution >= 0.6 is 0 Å². The molecule has 5 heteroatoms. The molecule has 0 radical (unpaired) electrons. The molecule has 0 fully saturated rings. The Morgan fingerprint density at radius 3 is 2.53 bits per heavy atom. The first-order chi connectivity index (χ1) is 9.08. The van der Waals surface area contributed by atoms with Crippen molar-refractivity contribution in [1.29, 1.82) is 0 Å². The number of aryl methyl sites for hydroxylation is 3. The van der Waals surface area contributed by atoms with E-state index in [0.717, 1.165) is 25.4 Å². The molecule has 0 aliphatic carbocycles. The fourth-order valence-corrected chi connectivity index (χ4v) is 2.15. The summed E-state index contributed by atoms with van der Waals surface area (Å²) in [5, 5.41) is 4.41. The average molecular weight is 263 g/mol. The van der Waals surface area contributed by atoms with Crippen molar-refractivity contribution in [2.24, 2.45) is 7.05 Å². The second-order valence-corrected chi connectivity index (χ2v) is 4.91. The predicted octanol–water partition coefficient (Wildman–Crippen LogP) is 1.15. The fourth-order valence-electron chi connectivity index (χ4n) is 2.15. The summed E-state index contributed by atoms with van der Waals surface area (Å²) in [6.45, 7) is 9.34. The van der Waals surface area contributed by atoms with Crippen molar-refractivity contribution in [3.63, 3.8) is 0 Å². The van der Waals surface area contributed by atoms with E-state index in [1.54, 1.807) is 0 Å². The number of imidazole rings is 1. The van der Waals surface area contributed by atoms with Crippen molar-refractivity contribution in [2.75, 3.05) is 13.2 Å². The van der Waals surface area contributed by atoms with E-state index in [9.17, 15) is 0 Å². The van der Waals surface area contributed by atoms with Crippen LogP contribution in [0.25, 0.3) is 0 Å². The summed E-state index contributed by atoms with van der Waals surface area (Å²) in [4.78, 5) is 0. The lowest BCUT2D eigenvalue weighted by molar-refractivity contribution is -0.677. The van der Waals surface area contributed by atoms with E-state index >= 15 is 0 Å². The number of aromatic nitrogens is 4. The monoisotopic (exact) mass is 263 g/mol. The van der Waals surface area contributed by atoms with Crippen molar-refractivity contribution >= 4 is 0 Å². The summed E-state index contributed by atoms with van der Waals surface area (Å²) < 4.78 is 12.0. The molecule has 2 rings (SSSR count). The van der Waals surface area contributed by atoms with Gasteiger partial charge in [0.25, 0.3) is 5.82 Å². The van der Waals surface area contributed by atoms with Gasteiger partial charge in [-0.25, -0.2) is 9.13 Å². The highest BCUT2D eigenvalue weighted by Crippen LogP contribution is 2.01. The Morgan fingerprint density at radius 1 is 1.21 bits per heavy atom. The van der Waals surface area contributed by atoms with Crippen LogP contribution in [0.5, 0.6) is 0 Å². The topological polar surface area (TPSA) is 35.9 Å². The molecule has 104 valence electrons. The van der Waals surface area contributed by atoms with Crippen LogP contribution in [0.2, 0.25) is 0 Å². The van der Waals surface area contributed by atoms with E-state index in [2.05, 4.69) is 53.6 Å². The molecule has 0 spiro atoms. The number of hydrogen-bond acceptors (Lipinski definition) is 2. The third-order valence-electron chi connectivity index (χ3n) is 3.42. The molecule has 0 saturated carbocycles. The van der Waals surface area contributed by atoms with E-state index in [1.165, 1.54) is 11.5 Å². The summed E-state index contributed by atoms with van der Waals surface area (Å²) in [7, 11) is 2.05. The molecule has 0 unspecified atom stereocenters. The molecular formula is C14H23N4O+. The zero-order chi connectivity index (χ0) is 13.8. The van der Waals surface area contributed by atoms with Gasteiger partial charge in [-0.15, -0.1) is 0 Å². The lowest BCUT2D eigenvalue weighted by Crippen LogP contribution is -2.30. The second-order valence-electron chi connectivity index (χ2n) is 4.91. The maximum absolute atomic E-state index is 5.68. The van der Waals surface area contributed by atoms with Crippen LogP contribution in [0.3, 0.4) is 0 Å². The van der Waals surface area contributed by atoms with E-state index in [-0.39, 0.29) is 0 Å². The van der Waals surface area contributed by atoms with E-state index in [4.69, 9.17) is 4.74 Å². The Balaban J connectivity index is 1.70. The van der Waals surface area contributed by atoms with Gasteiger partial charge in [0.2, 0.25) is 0 Å². The van der Waals surface area contributed by atoms with Gasteiger partial charge in [-0.3, -0.25) is 4.68 Å². The van der Waals surface area contributed by atoms with Crippen LogP contribution in [0.15, 0.2) is 18.5 Å². The second kappa shape index (κ2) is 6.02. The largest absolute Gasteiger partial charge is 0.375 e. The lowest BCUT2D eigenvalue weighted by Gasteiger charge is -2.05. The molecule has 0 N–H and O–H groups in total. The van der Waals surface area contributed by atoms with Crippen molar-refractivity contribution < 1.29 is 9.30 Å². The Labute approximate surface area is 114 Å². The summed E-state index contributed by atoms with van der Waals surface area (Å²) in [5.74, 6) is 1.24. The van der Waals surface area contributed by atoms with Gasteiger partial charge < -0.3 is 4.74 Å². The molecule has 5 nitrogen and oxygen atoms in total. The van der Waals surface area contributed by atoms with Crippen molar-refractivity contribution in [2.45, 2.75) is 33.9 Å². The molecule has 2 heterocycles. The maximum atomic E-state index is 5.68. The van der Waals surface area contributed by atoms with Gasteiger partial charge in [0.05, 0.1) is 32.5 Å². The Hall–Kier alpha value is -1.62. The van der Waals surface area contributed by atoms with Gasteiger partial charge in [0, 0.05) is 12.6 Å². The van der Waals surface area contributed by atoms with Gasteiger partial charge in [0.15, 0.2) is 0 Å². The molecule has 0 aliphatic rings. The molecule has 0 bridgehead atoms. The Morgan fingerprint density at radius 2 is 1.95 bits per heavy atom. The van der Waals surface area contributed by atoms with Crippen molar-refractivity contribution in [1.82, 2.24) is 14.3 Å². The molecule has 0 atom stereocenters. The molecule has 0 amide bonds. The molecule has 0 aliphatic heterocycles. The minimum atomic E-state index is 0.703. The summed E-state index contributed by atoms with van der Waals surface area (Å²) in [6.07, 6.45) is 4.14. The summed E-state index contributed by atoms with van der Waals surface area (Å²) >= 11 is 0. The Bertz CT molecular complexity index is 538. The smallest absolute Gasteiger partial charge is 0.253 e. The van der Waals surface area contributed by atoms with Crippen LogP contribution in [0, 0.1) is 20.8 Å². The number of rotatable bonds is 6. The molecule has 0 saturated heterocycles. The number of hydrogen-bond donors (Lipinski definition) is 0. The summed E-state index contributed by atoms with van der Waals surface area (Å²) in [6, 6.07) is 2.09. The standard InChI is InChI=1S/C14H23N4O/c1-12-11-13(2)18(15-12)8-10-19-9-7-17-6-5-16(4)14(17)3/h5-6,11H,7-10H2,1-4H3/q+1. The van der Waals surface area contributed by atoms with Crippen LogP contribution in [0.4, 0.5) is 0 Å².